The van der Waals surface area contributed by atoms with E-state index in [4.69, 9.17) is 5.11 Å². The van der Waals surface area contributed by atoms with E-state index in [-0.39, 0.29) is 0 Å². The molecule has 6 nitrogen and oxygen atoms in total. The van der Waals surface area contributed by atoms with Crippen LogP contribution in [0.4, 0.5) is 0 Å². The molecule has 1 atom stereocenters. The highest BCUT2D eigenvalue weighted by Crippen LogP contribution is 2.19. The van der Waals surface area contributed by atoms with Gasteiger partial charge in [0.15, 0.2) is 6.04 Å². The summed E-state index contributed by atoms with van der Waals surface area (Å²) in [4.78, 5) is 19.2. The van der Waals surface area contributed by atoms with Gasteiger partial charge in [0.05, 0.1) is 6.54 Å². The number of rotatable bonds is 5. The van der Waals surface area contributed by atoms with Crippen LogP contribution in [0.15, 0.2) is 82.8 Å². The maximum Gasteiger partial charge on any atom is 0.330 e. The molecular formula is C25H26N4O2. The Kier molecular flexibility index (Phi) is 6.57. The monoisotopic (exact) mass is 414 g/mol. The second-order valence-electron chi connectivity index (χ2n) is 7.54. The summed E-state index contributed by atoms with van der Waals surface area (Å²) in [5, 5.41) is 17.7. The first kappa shape index (κ1) is 20.6. The standard InChI is InChI=1S/C14H14N2.C11H12N2O2/c1-2-7-13-11(4-1)5-3-6-12(13)10-14-15-8-9-16-14;14-11(15)9-7-12-10(13-9)6-8-4-2-1-3-5-8/h1-7H,8-10H2,(H,15,16);1-5,9H,6-7H2,(H,12,13)(H,14,15). The first-order valence-corrected chi connectivity index (χ1v) is 10.5. The minimum Gasteiger partial charge on any atom is -0.480 e. The van der Waals surface area contributed by atoms with Crippen LogP contribution < -0.4 is 10.6 Å². The molecule has 0 bridgehead atoms. The number of hydrogen-bond acceptors (Lipinski definition) is 5. The normalized spacial score (nSPS) is 17.1. The molecule has 3 aromatic carbocycles. The molecule has 2 aliphatic heterocycles. The van der Waals surface area contributed by atoms with E-state index < -0.39 is 12.0 Å². The molecule has 0 spiro atoms. The first-order valence-electron chi connectivity index (χ1n) is 10.5. The van der Waals surface area contributed by atoms with Gasteiger partial charge in [0.2, 0.25) is 0 Å². The second-order valence-corrected chi connectivity index (χ2v) is 7.54. The molecule has 2 aliphatic rings. The van der Waals surface area contributed by atoms with Crippen LogP contribution >= 0.6 is 0 Å². The van der Waals surface area contributed by atoms with Gasteiger partial charge in [0, 0.05) is 25.9 Å². The molecule has 1 unspecified atom stereocenters. The highest BCUT2D eigenvalue weighted by Gasteiger charge is 2.22. The number of carboxylic acid groups (broad SMARTS) is 1. The lowest BCUT2D eigenvalue weighted by Crippen LogP contribution is -2.26. The van der Waals surface area contributed by atoms with Crippen LogP contribution in [0.1, 0.15) is 11.1 Å². The van der Waals surface area contributed by atoms with E-state index in [2.05, 4.69) is 63.1 Å². The molecule has 5 rings (SSSR count). The highest BCUT2D eigenvalue weighted by molar-refractivity contribution is 5.93. The summed E-state index contributed by atoms with van der Waals surface area (Å²) in [5.74, 6) is 1.01. The lowest BCUT2D eigenvalue weighted by atomic mass is 10.0. The van der Waals surface area contributed by atoms with Crippen LogP contribution in [0.2, 0.25) is 0 Å². The van der Waals surface area contributed by atoms with E-state index >= 15 is 0 Å². The van der Waals surface area contributed by atoms with E-state index in [0.717, 1.165) is 36.7 Å². The molecule has 0 fully saturated rings. The fraction of sp³-hybridized carbons (Fsp3) is 0.240. The fourth-order valence-electron chi connectivity index (χ4n) is 3.73. The molecule has 0 aromatic heterocycles. The van der Waals surface area contributed by atoms with Crippen LogP contribution in [-0.4, -0.2) is 48.4 Å². The van der Waals surface area contributed by atoms with Gasteiger partial charge in [0.25, 0.3) is 0 Å². The molecule has 3 N–H and O–H groups in total. The predicted molar refractivity (Wildman–Crippen MR) is 125 cm³/mol. The summed E-state index contributed by atoms with van der Waals surface area (Å²) >= 11 is 0. The third-order valence-corrected chi connectivity index (χ3v) is 5.29. The number of aliphatic imine (C=N–C) groups is 2. The number of hydrogen-bond donors (Lipinski definition) is 3. The second kappa shape index (κ2) is 9.89. The maximum atomic E-state index is 10.7. The molecule has 0 aliphatic carbocycles. The third-order valence-electron chi connectivity index (χ3n) is 5.29. The molecule has 31 heavy (non-hydrogen) atoms. The minimum absolute atomic E-state index is 0.400. The van der Waals surface area contributed by atoms with Gasteiger partial charge in [0.1, 0.15) is 11.7 Å². The Bertz CT molecular complexity index is 1100. The Labute approximate surface area is 181 Å². The topological polar surface area (TPSA) is 86.1 Å². The van der Waals surface area contributed by atoms with Crippen molar-refractivity contribution in [2.45, 2.75) is 18.9 Å². The molecule has 2 heterocycles. The van der Waals surface area contributed by atoms with Gasteiger partial charge in [-0.3, -0.25) is 9.98 Å². The van der Waals surface area contributed by atoms with Crippen molar-refractivity contribution >= 4 is 28.4 Å². The summed E-state index contributed by atoms with van der Waals surface area (Å²) < 4.78 is 0. The van der Waals surface area contributed by atoms with Crippen LogP contribution in [0, 0.1) is 0 Å². The van der Waals surface area contributed by atoms with Crippen LogP contribution in [-0.2, 0) is 17.6 Å². The Morgan fingerprint density at radius 1 is 0.903 bits per heavy atom. The number of carbonyl (C=O) groups is 1. The zero-order valence-corrected chi connectivity index (χ0v) is 17.3. The van der Waals surface area contributed by atoms with Gasteiger partial charge in [-0.2, -0.15) is 0 Å². The minimum atomic E-state index is -0.870. The van der Waals surface area contributed by atoms with E-state index in [1.807, 2.05) is 30.3 Å². The maximum absolute atomic E-state index is 10.7. The van der Waals surface area contributed by atoms with Crippen molar-refractivity contribution in [2.24, 2.45) is 9.98 Å². The average molecular weight is 415 g/mol. The van der Waals surface area contributed by atoms with Gasteiger partial charge in [-0.1, -0.05) is 72.8 Å². The number of fused-ring (bicyclic) bond motifs is 1. The Morgan fingerprint density at radius 2 is 1.68 bits per heavy atom. The summed E-state index contributed by atoms with van der Waals surface area (Å²) in [6, 6.07) is 24.2. The van der Waals surface area contributed by atoms with Gasteiger partial charge >= 0.3 is 5.97 Å². The predicted octanol–water partition coefficient (Wildman–Crippen LogP) is 3.07. The SMILES string of the molecule is O=C(O)C1CNC(Cc2ccccc2)=N1.c1ccc2c(CC3=NCCN3)cccc2c1. The Balaban J connectivity index is 0.000000150. The summed E-state index contributed by atoms with van der Waals surface area (Å²) in [7, 11) is 0. The Hall–Kier alpha value is -3.67. The number of nitrogens with zero attached hydrogens (tertiary/aromatic N) is 2. The third kappa shape index (κ3) is 5.48. The van der Waals surface area contributed by atoms with Crippen LogP contribution in [0.5, 0.6) is 0 Å². The van der Waals surface area contributed by atoms with Gasteiger partial charge in [-0.25, -0.2) is 4.79 Å². The van der Waals surface area contributed by atoms with Gasteiger partial charge in [-0.05, 0) is 21.9 Å². The number of nitrogens with one attached hydrogen (secondary N) is 2. The van der Waals surface area contributed by atoms with Crippen molar-refractivity contribution in [3.05, 3.63) is 83.9 Å². The fourth-order valence-corrected chi connectivity index (χ4v) is 3.73. The first-order chi connectivity index (χ1) is 15.2. The highest BCUT2D eigenvalue weighted by atomic mass is 16.4. The Morgan fingerprint density at radius 3 is 2.42 bits per heavy atom. The van der Waals surface area contributed by atoms with E-state index in [0.29, 0.717) is 13.0 Å². The molecule has 3 aromatic rings. The van der Waals surface area contributed by atoms with Crippen LogP contribution in [0.3, 0.4) is 0 Å². The van der Waals surface area contributed by atoms with Crippen molar-refractivity contribution < 1.29 is 9.90 Å². The van der Waals surface area contributed by atoms with E-state index in [1.165, 1.54) is 16.3 Å². The average Bonchev–Trinajstić information content (AvgIpc) is 3.48. The summed E-state index contributed by atoms with van der Waals surface area (Å²) in [6.07, 6.45) is 1.59. The van der Waals surface area contributed by atoms with Crippen molar-refractivity contribution in [1.29, 1.82) is 0 Å². The smallest absolute Gasteiger partial charge is 0.330 e. The quantitative estimate of drug-likeness (QED) is 0.599. The van der Waals surface area contributed by atoms with Crippen molar-refractivity contribution in [2.75, 3.05) is 19.6 Å². The number of amidine groups is 2. The van der Waals surface area contributed by atoms with Crippen molar-refractivity contribution in [1.82, 2.24) is 10.6 Å². The van der Waals surface area contributed by atoms with Crippen molar-refractivity contribution in [3.8, 4) is 0 Å². The molecule has 158 valence electrons. The lowest BCUT2D eigenvalue weighted by Gasteiger charge is -2.06. The zero-order valence-electron chi connectivity index (χ0n) is 17.3. The molecule has 0 radical (unpaired) electrons. The lowest BCUT2D eigenvalue weighted by molar-refractivity contribution is -0.138. The van der Waals surface area contributed by atoms with E-state index in [1.54, 1.807) is 0 Å². The number of benzene rings is 3. The number of carboxylic acids is 1. The summed E-state index contributed by atoms with van der Waals surface area (Å²) in [5.41, 5.74) is 2.49. The van der Waals surface area contributed by atoms with Crippen LogP contribution in [0.25, 0.3) is 10.8 Å². The van der Waals surface area contributed by atoms with Gasteiger partial charge in [-0.15, -0.1) is 0 Å². The largest absolute Gasteiger partial charge is 0.480 e. The van der Waals surface area contributed by atoms with Gasteiger partial charge < -0.3 is 15.7 Å². The zero-order chi connectivity index (χ0) is 21.5. The molecule has 0 saturated heterocycles. The molecule has 0 amide bonds. The number of aliphatic carboxylic acids is 1. The molecule has 0 saturated carbocycles. The van der Waals surface area contributed by atoms with E-state index in [9.17, 15) is 4.79 Å². The molecule has 6 heteroatoms. The van der Waals surface area contributed by atoms with Crippen molar-refractivity contribution in [3.63, 3.8) is 0 Å². The summed E-state index contributed by atoms with van der Waals surface area (Å²) in [6.45, 7) is 2.30. The molecular weight excluding hydrogens is 388 g/mol.